The van der Waals surface area contributed by atoms with E-state index in [9.17, 15) is 34.8 Å². The number of carbonyl (C=O) groups is 3. The van der Waals surface area contributed by atoms with Gasteiger partial charge in [0.1, 0.15) is 22.8 Å². The maximum atomic E-state index is 13.9. The predicted octanol–water partition coefficient (Wildman–Crippen LogP) is 0.442. The van der Waals surface area contributed by atoms with Crippen molar-refractivity contribution in [2.24, 2.45) is 17.6 Å². The summed E-state index contributed by atoms with van der Waals surface area (Å²) in [6.07, 6.45) is 2.32. The first kappa shape index (κ1) is 28.8. The van der Waals surface area contributed by atoms with Gasteiger partial charge in [0.15, 0.2) is 11.4 Å². The number of benzene rings is 1. The molecule has 11 nitrogen and oxygen atoms in total. The lowest BCUT2D eigenvalue weighted by molar-refractivity contribution is -0.153. The molecule has 4 aliphatic rings. The second-order valence-electron chi connectivity index (χ2n) is 11.0. The number of fused-ring (bicyclic) bond motifs is 3. The van der Waals surface area contributed by atoms with Crippen LogP contribution in [0.3, 0.4) is 0 Å². The minimum Gasteiger partial charge on any atom is -0.508 e. The number of primary amides is 1. The number of nitrogens with two attached hydrogens (primary N) is 1. The van der Waals surface area contributed by atoms with Crippen LogP contribution in [0.15, 0.2) is 29.0 Å². The van der Waals surface area contributed by atoms with E-state index in [2.05, 4.69) is 10.6 Å². The molecular weight excluding hydrogens is 504 g/mol. The van der Waals surface area contributed by atoms with E-state index in [1.54, 1.807) is 20.2 Å². The first-order valence-electron chi connectivity index (χ1n) is 12.9. The Morgan fingerprint density at radius 2 is 1.85 bits per heavy atom. The molecule has 39 heavy (non-hydrogen) atoms. The summed E-state index contributed by atoms with van der Waals surface area (Å²) >= 11 is 0. The molecule has 0 bridgehead atoms. The topological polar surface area (TPSA) is 185 Å². The van der Waals surface area contributed by atoms with Crippen molar-refractivity contribution in [2.45, 2.75) is 57.3 Å². The average molecular weight is 543 g/mol. The minimum absolute atomic E-state index is 0. The summed E-state index contributed by atoms with van der Waals surface area (Å²) in [7, 11) is 3.16. The van der Waals surface area contributed by atoms with Crippen molar-refractivity contribution in [3.63, 3.8) is 0 Å². The average Bonchev–Trinajstić information content (AvgIpc) is 2.86. The lowest BCUT2D eigenvalue weighted by atomic mass is 9.57. The summed E-state index contributed by atoms with van der Waals surface area (Å²) in [4.78, 5) is 40.6. The Bertz CT molecular complexity index is 1280. The number of hydrogen-bond donors (Lipinski definition) is 7. The van der Waals surface area contributed by atoms with Crippen LogP contribution in [-0.4, -0.2) is 87.7 Å². The normalized spacial score (nSPS) is 29.1. The number of rotatable bonds is 5. The van der Waals surface area contributed by atoms with Crippen molar-refractivity contribution >= 4 is 23.2 Å². The molecule has 1 saturated heterocycles. The number of aliphatic hydroxyl groups excluding tert-OH is 2. The molecule has 0 unspecified atom stereocenters. The number of likely N-dealkylation sites (N-methyl/N-ethyl adjacent to an activating group) is 1. The van der Waals surface area contributed by atoms with Gasteiger partial charge in [-0.25, -0.2) is 0 Å². The zero-order valence-corrected chi connectivity index (χ0v) is 21.5. The van der Waals surface area contributed by atoms with Crippen LogP contribution in [0.2, 0.25) is 0 Å². The van der Waals surface area contributed by atoms with E-state index in [1.807, 2.05) is 0 Å². The van der Waals surface area contributed by atoms with Crippen LogP contribution in [-0.2, 0) is 27.3 Å². The molecule has 1 aliphatic heterocycles. The maximum Gasteiger partial charge on any atom is 0.255 e. The Morgan fingerprint density at radius 3 is 2.46 bits per heavy atom. The van der Waals surface area contributed by atoms with Crippen molar-refractivity contribution in [3.05, 3.63) is 45.7 Å². The van der Waals surface area contributed by atoms with Crippen LogP contribution in [0.25, 0.3) is 5.76 Å². The molecule has 212 valence electrons. The highest BCUT2D eigenvalue weighted by atomic mass is 16.3. The quantitative estimate of drug-likeness (QED) is 0.258. The molecule has 4 atom stereocenters. The Morgan fingerprint density at radius 1 is 1.18 bits per heavy atom. The summed E-state index contributed by atoms with van der Waals surface area (Å²) in [5.74, 6) is -6.46. The van der Waals surface area contributed by atoms with Gasteiger partial charge in [0.2, 0.25) is 5.78 Å². The molecule has 1 heterocycles. The largest absolute Gasteiger partial charge is 0.508 e. The smallest absolute Gasteiger partial charge is 0.255 e. The van der Waals surface area contributed by atoms with Gasteiger partial charge in [-0.3, -0.25) is 19.3 Å². The van der Waals surface area contributed by atoms with Gasteiger partial charge in [-0.1, -0.05) is 13.5 Å². The van der Waals surface area contributed by atoms with E-state index in [0.29, 0.717) is 18.2 Å². The standard InChI is InChI=1S/C27H34N4O7.CH4/c1-31(2)21-16-10-13-9-15-12(11-30-14-5-7-29-8-6-14)3-4-17(32)19(15)22(33)18(13)24(35)27(16,38)25(36)20(23(21)34)26(28)37;/h3-4,13-14,16,21,29-30,32-33,36,38H,5-11H2,1-2H3,(H2,28,37);1H4/t13-,16-,21-,27-;/m0./s1. The van der Waals surface area contributed by atoms with Crippen LogP contribution < -0.4 is 16.4 Å². The summed E-state index contributed by atoms with van der Waals surface area (Å²) in [5.41, 5.74) is 3.44. The molecule has 2 fully saturated rings. The fourth-order valence-electron chi connectivity index (χ4n) is 6.75. The zero-order valence-electron chi connectivity index (χ0n) is 21.5. The molecule has 8 N–H and O–H groups in total. The van der Waals surface area contributed by atoms with Crippen LogP contribution >= 0.6 is 0 Å². The predicted molar refractivity (Wildman–Crippen MR) is 144 cm³/mol. The highest BCUT2D eigenvalue weighted by Crippen LogP contribution is 2.52. The minimum atomic E-state index is -2.63. The third-order valence-electron chi connectivity index (χ3n) is 8.62. The van der Waals surface area contributed by atoms with Gasteiger partial charge in [-0.05, 0) is 76.0 Å². The van der Waals surface area contributed by atoms with Gasteiger partial charge in [-0.2, -0.15) is 0 Å². The van der Waals surface area contributed by atoms with Crippen LogP contribution in [0.1, 0.15) is 43.4 Å². The molecule has 1 amide bonds. The number of piperidine rings is 1. The number of aliphatic hydroxyl groups is 3. The van der Waals surface area contributed by atoms with Crippen molar-refractivity contribution in [2.75, 3.05) is 27.2 Å². The molecular formula is C28H38N4O7. The summed E-state index contributed by atoms with van der Waals surface area (Å²) in [6.45, 7) is 2.36. The zero-order chi connectivity index (χ0) is 27.5. The van der Waals surface area contributed by atoms with Crippen LogP contribution in [0.5, 0.6) is 5.75 Å². The van der Waals surface area contributed by atoms with Gasteiger partial charge >= 0.3 is 0 Å². The van der Waals surface area contributed by atoms with Crippen LogP contribution in [0, 0.1) is 11.8 Å². The third-order valence-corrected chi connectivity index (χ3v) is 8.62. The van der Waals surface area contributed by atoms with Gasteiger partial charge in [0.05, 0.1) is 11.6 Å². The number of amides is 1. The van der Waals surface area contributed by atoms with E-state index in [0.717, 1.165) is 31.5 Å². The summed E-state index contributed by atoms with van der Waals surface area (Å²) < 4.78 is 0. The van der Waals surface area contributed by atoms with E-state index < -0.39 is 58.0 Å². The van der Waals surface area contributed by atoms with Gasteiger partial charge in [0, 0.05) is 24.1 Å². The Hall–Kier alpha value is -3.25. The number of phenols is 1. The van der Waals surface area contributed by atoms with Crippen molar-refractivity contribution < 1.29 is 34.8 Å². The first-order valence-corrected chi connectivity index (χ1v) is 12.9. The second kappa shape index (κ2) is 10.4. The molecule has 1 aromatic rings. The van der Waals surface area contributed by atoms with E-state index >= 15 is 0 Å². The number of Topliss-reactive ketones (excluding diaryl/α,β-unsaturated/α-hetero) is 2. The summed E-state index contributed by atoms with van der Waals surface area (Å²) in [6, 6.07) is 2.49. The molecule has 0 radical (unpaired) electrons. The molecule has 0 aromatic heterocycles. The summed E-state index contributed by atoms with van der Waals surface area (Å²) in [5, 5.41) is 51.5. The monoisotopic (exact) mass is 542 g/mol. The fourth-order valence-corrected chi connectivity index (χ4v) is 6.75. The Kier molecular flexibility index (Phi) is 7.65. The van der Waals surface area contributed by atoms with Crippen molar-refractivity contribution in [1.82, 2.24) is 15.5 Å². The molecule has 0 spiro atoms. The van der Waals surface area contributed by atoms with E-state index in [4.69, 9.17) is 5.73 Å². The molecule has 1 aromatic carbocycles. The number of hydrogen-bond acceptors (Lipinski definition) is 10. The fraction of sp³-hybridized carbons (Fsp3) is 0.536. The highest BCUT2D eigenvalue weighted by Gasteiger charge is 2.64. The van der Waals surface area contributed by atoms with Crippen molar-refractivity contribution in [3.8, 4) is 5.75 Å². The van der Waals surface area contributed by atoms with Gasteiger partial charge in [0.25, 0.3) is 5.91 Å². The molecule has 11 heteroatoms. The lowest BCUT2D eigenvalue weighted by Crippen LogP contribution is -2.65. The number of nitrogens with one attached hydrogen (secondary N) is 2. The number of aromatic hydroxyl groups is 1. The number of nitrogens with zero attached hydrogens (tertiary/aromatic N) is 1. The molecule has 1 saturated carbocycles. The maximum absolute atomic E-state index is 13.9. The van der Waals surface area contributed by atoms with Crippen LogP contribution in [0.4, 0.5) is 0 Å². The first-order chi connectivity index (χ1) is 18.0. The molecule has 5 rings (SSSR count). The number of carbonyl (C=O) groups excluding carboxylic acids is 3. The lowest BCUT2D eigenvalue weighted by Gasteiger charge is -2.50. The Labute approximate surface area is 227 Å². The SMILES string of the molecule is C.CN(C)[C@@H]1C(=O)C(C(N)=O)=C(O)[C@@]2(O)C(=O)C3=C(O)c4c(O)ccc(CNC5CCNCC5)c4C[C@H]3C[C@@H]12. The Balaban J connectivity index is 0.00000353. The second-order valence-corrected chi connectivity index (χ2v) is 11.0. The third kappa shape index (κ3) is 4.33. The van der Waals surface area contributed by atoms with E-state index in [1.165, 1.54) is 11.0 Å². The van der Waals surface area contributed by atoms with Crippen molar-refractivity contribution in [1.29, 1.82) is 0 Å². The number of ketones is 2. The highest BCUT2D eigenvalue weighted by molar-refractivity contribution is 6.24. The number of phenolic OH excluding ortho intramolecular Hbond substituents is 1. The van der Waals surface area contributed by atoms with Gasteiger partial charge in [-0.15, -0.1) is 0 Å². The molecule has 3 aliphatic carbocycles. The van der Waals surface area contributed by atoms with Gasteiger partial charge < -0.3 is 36.8 Å². The van der Waals surface area contributed by atoms with E-state index in [-0.39, 0.29) is 37.2 Å².